The van der Waals surface area contributed by atoms with Gasteiger partial charge in [0.05, 0.1) is 12.3 Å². The predicted molar refractivity (Wildman–Crippen MR) is 120 cm³/mol. The fourth-order valence-electron chi connectivity index (χ4n) is 2.79. The third-order valence-electron chi connectivity index (χ3n) is 4.52. The van der Waals surface area contributed by atoms with Crippen LogP contribution in [0.15, 0.2) is 60.0 Å². The Morgan fingerprint density at radius 3 is 2.74 bits per heavy atom. The summed E-state index contributed by atoms with van der Waals surface area (Å²) in [6, 6.07) is 14.7. The van der Waals surface area contributed by atoms with Gasteiger partial charge in [0.2, 0.25) is 5.91 Å². The Morgan fingerprint density at radius 2 is 2.00 bits per heavy atom. The summed E-state index contributed by atoms with van der Waals surface area (Å²) in [5.41, 5.74) is 2.12. The maximum absolute atomic E-state index is 12.7. The standard InChI is InChI=1S/C22H25N5O3S/c1-16-7-4-5-10-19(16)30-12-11-26(2)21(29)17-8-6-9-18(13-17)24-20(28)14-31-22-25-23-15-27(22)3/h4-10,13,15H,11-12,14H2,1-3H3,(H,24,28). The molecular weight excluding hydrogens is 414 g/mol. The van der Waals surface area contributed by atoms with Crippen LogP contribution in [0.5, 0.6) is 5.75 Å². The molecule has 2 amide bonds. The molecule has 0 aliphatic heterocycles. The van der Waals surface area contributed by atoms with Crippen LogP contribution in [-0.2, 0) is 11.8 Å². The van der Waals surface area contributed by atoms with Crippen LogP contribution < -0.4 is 10.1 Å². The van der Waals surface area contributed by atoms with Gasteiger partial charge in [-0.15, -0.1) is 10.2 Å². The van der Waals surface area contributed by atoms with E-state index in [1.807, 2.05) is 38.2 Å². The lowest BCUT2D eigenvalue weighted by atomic mass is 10.1. The average Bonchev–Trinajstić information content (AvgIpc) is 3.18. The number of nitrogens with zero attached hydrogens (tertiary/aromatic N) is 4. The summed E-state index contributed by atoms with van der Waals surface area (Å²) in [6.07, 6.45) is 1.58. The third kappa shape index (κ3) is 6.32. The van der Waals surface area contributed by atoms with Crippen LogP contribution in [0.4, 0.5) is 5.69 Å². The molecule has 1 aromatic heterocycles. The highest BCUT2D eigenvalue weighted by atomic mass is 32.2. The number of ether oxygens (including phenoxy) is 1. The molecule has 3 rings (SSSR count). The van der Waals surface area contributed by atoms with Gasteiger partial charge in [-0.25, -0.2) is 0 Å². The molecule has 0 aliphatic rings. The number of hydrogen-bond acceptors (Lipinski definition) is 6. The van der Waals surface area contributed by atoms with Crippen LogP contribution in [0.2, 0.25) is 0 Å². The number of carbonyl (C=O) groups is 2. The number of aryl methyl sites for hydroxylation is 2. The molecule has 0 aliphatic carbocycles. The van der Waals surface area contributed by atoms with Gasteiger partial charge in [0.1, 0.15) is 18.7 Å². The van der Waals surface area contributed by atoms with Gasteiger partial charge in [-0.1, -0.05) is 36.0 Å². The molecule has 0 unspecified atom stereocenters. The molecule has 0 fully saturated rings. The normalized spacial score (nSPS) is 10.5. The molecule has 3 aromatic rings. The van der Waals surface area contributed by atoms with Gasteiger partial charge in [-0.3, -0.25) is 9.59 Å². The van der Waals surface area contributed by atoms with E-state index in [1.165, 1.54) is 11.8 Å². The van der Waals surface area contributed by atoms with Crippen molar-refractivity contribution in [1.29, 1.82) is 0 Å². The molecule has 0 spiro atoms. The number of likely N-dealkylation sites (N-methyl/N-ethyl adjacent to an activating group) is 1. The summed E-state index contributed by atoms with van der Waals surface area (Å²) in [5, 5.41) is 11.2. The third-order valence-corrected chi connectivity index (χ3v) is 5.55. The highest BCUT2D eigenvalue weighted by molar-refractivity contribution is 7.99. The lowest BCUT2D eigenvalue weighted by Gasteiger charge is -2.18. The van der Waals surface area contributed by atoms with Crippen molar-refractivity contribution >= 4 is 29.3 Å². The number of hydrogen-bond donors (Lipinski definition) is 1. The number of carbonyl (C=O) groups excluding carboxylic acids is 2. The van der Waals surface area contributed by atoms with Crippen LogP contribution in [0.25, 0.3) is 0 Å². The Balaban J connectivity index is 1.51. The van der Waals surface area contributed by atoms with E-state index in [-0.39, 0.29) is 17.6 Å². The van der Waals surface area contributed by atoms with Crippen LogP contribution in [0, 0.1) is 6.92 Å². The van der Waals surface area contributed by atoms with Gasteiger partial charge in [-0.2, -0.15) is 0 Å². The summed E-state index contributed by atoms with van der Waals surface area (Å²) >= 11 is 1.29. The quantitative estimate of drug-likeness (QED) is 0.516. The maximum atomic E-state index is 12.7. The largest absolute Gasteiger partial charge is 0.491 e. The summed E-state index contributed by atoms with van der Waals surface area (Å²) in [7, 11) is 3.55. The fourth-order valence-corrected chi connectivity index (χ4v) is 3.48. The molecule has 0 saturated heterocycles. The van der Waals surface area contributed by atoms with Crippen molar-refractivity contribution in [3.05, 3.63) is 66.0 Å². The minimum atomic E-state index is -0.183. The first kappa shape index (κ1) is 22.4. The second-order valence-corrected chi connectivity index (χ2v) is 7.93. The molecule has 0 atom stereocenters. The van der Waals surface area contributed by atoms with E-state index in [0.717, 1.165) is 11.3 Å². The molecule has 0 bridgehead atoms. The second kappa shape index (κ2) is 10.6. The van der Waals surface area contributed by atoms with Gasteiger partial charge in [0, 0.05) is 25.3 Å². The van der Waals surface area contributed by atoms with Crippen molar-refractivity contribution in [2.24, 2.45) is 7.05 Å². The first-order valence-electron chi connectivity index (χ1n) is 9.74. The van der Waals surface area contributed by atoms with Gasteiger partial charge < -0.3 is 19.5 Å². The van der Waals surface area contributed by atoms with E-state index in [2.05, 4.69) is 15.5 Å². The molecule has 162 valence electrons. The Kier molecular flexibility index (Phi) is 7.66. The molecular formula is C22H25N5O3S. The summed E-state index contributed by atoms with van der Waals surface area (Å²) in [4.78, 5) is 26.6. The van der Waals surface area contributed by atoms with Crippen molar-refractivity contribution in [1.82, 2.24) is 19.7 Å². The Bertz CT molecular complexity index is 1050. The van der Waals surface area contributed by atoms with E-state index in [0.29, 0.717) is 29.6 Å². The van der Waals surface area contributed by atoms with Crippen molar-refractivity contribution in [2.45, 2.75) is 12.1 Å². The Labute approximate surface area is 185 Å². The van der Waals surface area contributed by atoms with Crippen molar-refractivity contribution in [3.8, 4) is 5.75 Å². The first-order chi connectivity index (χ1) is 14.9. The minimum absolute atomic E-state index is 0.141. The number of benzene rings is 2. The summed E-state index contributed by atoms with van der Waals surface area (Å²) in [6.45, 7) is 2.82. The SMILES string of the molecule is Cc1ccccc1OCCN(C)C(=O)c1cccc(NC(=O)CSc2nncn2C)c1. The zero-order valence-electron chi connectivity index (χ0n) is 17.7. The monoisotopic (exact) mass is 439 g/mol. The average molecular weight is 440 g/mol. The van der Waals surface area contributed by atoms with E-state index in [4.69, 9.17) is 4.74 Å². The molecule has 31 heavy (non-hydrogen) atoms. The van der Waals surface area contributed by atoms with Crippen LogP contribution in [0.1, 0.15) is 15.9 Å². The first-order valence-corrected chi connectivity index (χ1v) is 10.7. The highest BCUT2D eigenvalue weighted by Crippen LogP contribution is 2.17. The van der Waals surface area contributed by atoms with Gasteiger partial charge in [-0.05, 0) is 36.8 Å². The van der Waals surface area contributed by atoms with E-state index in [9.17, 15) is 9.59 Å². The number of aromatic nitrogens is 3. The van der Waals surface area contributed by atoms with Crippen LogP contribution in [-0.4, -0.2) is 57.4 Å². The minimum Gasteiger partial charge on any atom is -0.491 e. The maximum Gasteiger partial charge on any atom is 0.253 e. The number of nitrogens with one attached hydrogen (secondary N) is 1. The number of amides is 2. The topological polar surface area (TPSA) is 89.3 Å². The molecule has 9 heteroatoms. The predicted octanol–water partition coefficient (Wildman–Crippen LogP) is 3.01. The van der Waals surface area contributed by atoms with E-state index < -0.39 is 0 Å². The zero-order valence-corrected chi connectivity index (χ0v) is 18.6. The molecule has 0 saturated carbocycles. The molecule has 1 N–H and O–H groups in total. The van der Waals surface area contributed by atoms with Crippen LogP contribution in [0.3, 0.4) is 0 Å². The fraction of sp³-hybridized carbons (Fsp3) is 0.273. The van der Waals surface area contributed by atoms with E-state index >= 15 is 0 Å². The van der Waals surface area contributed by atoms with E-state index in [1.54, 1.807) is 47.1 Å². The zero-order chi connectivity index (χ0) is 22.2. The Morgan fingerprint density at radius 1 is 1.19 bits per heavy atom. The molecule has 2 aromatic carbocycles. The summed E-state index contributed by atoms with van der Waals surface area (Å²) < 4.78 is 7.52. The van der Waals surface area contributed by atoms with Crippen LogP contribution >= 0.6 is 11.8 Å². The van der Waals surface area contributed by atoms with Crippen molar-refractivity contribution < 1.29 is 14.3 Å². The van der Waals surface area contributed by atoms with Gasteiger partial charge in [0.25, 0.3) is 5.91 Å². The van der Waals surface area contributed by atoms with Crippen molar-refractivity contribution in [3.63, 3.8) is 0 Å². The molecule has 0 radical (unpaired) electrons. The summed E-state index contributed by atoms with van der Waals surface area (Å²) in [5.74, 6) is 0.684. The van der Waals surface area contributed by atoms with Crippen molar-refractivity contribution in [2.75, 3.05) is 31.3 Å². The lowest BCUT2D eigenvalue weighted by Crippen LogP contribution is -2.31. The van der Waals surface area contributed by atoms with Gasteiger partial charge >= 0.3 is 0 Å². The van der Waals surface area contributed by atoms with Gasteiger partial charge in [0.15, 0.2) is 5.16 Å². The Hall–Kier alpha value is -3.33. The number of anilines is 1. The molecule has 1 heterocycles. The number of rotatable bonds is 9. The second-order valence-electron chi connectivity index (χ2n) is 6.98. The molecule has 8 nitrogen and oxygen atoms in total. The smallest absolute Gasteiger partial charge is 0.253 e. The highest BCUT2D eigenvalue weighted by Gasteiger charge is 2.13. The number of para-hydroxylation sites is 1. The lowest BCUT2D eigenvalue weighted by molar-refractivity contribution is -0.113. The number of thioether (sulfide) groups is 1.